The molecule has 4 fully saturated rings. The minimum absolute atomic E-state index is 0.0319. The van der Waals surface area contributed by atoms with Crippen LogP contribution in [0.2, 0.25) is 0 Å². The number of ketones is 2. The Labute approximate surface area is 146 Å². The highest BCUT2D eigenvalue weighted by atomic mass is 16.1. The summed E-state index contributed by atoms with van der Waals surface area (Å²) in [7, 11) is 4.15. The van der Waals surface area contributed by atoms with Gasteiger partial charge in [0.15, 0.2) is 0 Å². The van der Waals surface area contributed by atoms with Gasteiger partial charge in [-0.2, -0.15) is 0 Å². The zero-order valence-corrected chi connectivity index (χ0v) is 15.8. The Kier molecular flexibility index (Phi) is 3.77. The van der Waals surface area contributed by atoms with Gasteiger partial charge in [0.1, 0.15) is 11.6 Å². The van der Waals surface area contributed by atoms with Gasteiger partial charge < -0.3 is 0 Å². The molecule has 0 aromatic rings. The molecule has 0 aliphatic heterocycles. The molecule has 0 unspecified atom stereocenters. The second-order valence-corrected chi connectivity index (χ2v) is 9.86. The van der Waals surface area contributed by atoms with Gasteiger partial charge in [0.25, 0.3) is 0 Å². The molecule has 0 aromatic carbocycles. The zero-order valence-electron chi connectivity index (χ0n) is 15.8. The van der Waals surface area contributed by atoms with E-state index in [1.807, 2.05) is 0 Å². The first-order valence-corrected chi connectivity index (χ1v) is 10.0. The van der Waals surface area contributed by atoms with Crippen LogP contribution in [-0.2, 0) is 9.59 Å². The van der Waals surface area contributed by atoms with E-state index in [4.69, 9.17) is 0 Å². The van der Waals surface area contributed by atoms with E-state index in [9.17, 15) is 9.59 Å². The summed E-state index contributed by atoms with van der Waals surface area (Å²) in [6, 6.07) is 0.114. The van der Waals surface area contributed by atoms with Crippen LogP contribution in [0.4, 0.5) is 0 Å². The van der Waals surface area contributed by atoms with Gasteiger partial charge in [-0.15, -0.1) is 0 Å². The van der Waals surface area contributed by atoms with Crippen LogP contribution in [0.5, 0.6) is 0 Å². The van der Waals surface area contributed by atoms with Crippen molar-refractivity contribution in [3.63, 3.8) is 0 Å². The Morgan fingerprint density at radius 3 is 2.33 bits per heavy atom. The summed E-state index contributed by atoms with van der Waals surface area (Å²) >= 11 is 0. The predicted octanol–water partition coefficient (Wildman–Crippen LogP) is 3.71. The lowest BCUT2D eigenvalue weighted by atomic mass is 9.44. The van der Waals surface area contributed by atoms with Crippen molar-refractivity contribution in [1.82, 2.24) is 4.90 Å². The van der Waals surface area contributed by atoms with E-state index < -0.39 is 0 Å². The number of hydrogen-bond donors (Lipinski definition) is 0. The van der Waals surface area contributed by atoms with E-state index in [0.717, 1.165) is 38.0 Å². The monoisotopic (exact) mass is 331 g/mol. The van der Waals surface area contributed by atoms with Gasteiger partial charge in [-0.25, -0.2) is 0 Å². The quantitative estimate of drug-likeness (QED) is 0.735. The van der Waals surface area contributed by atoms with Crippen LogP contribution in [0.3, 0.4) is 0 Å². The van der Waals surface area contributed by atoms with Crippen LogP contribution in [0.1, 0.15) is 65.2 Å². The maximum atomic E-state index is 12.6. The predicted molar refractivity (Wildman–Crippen MR) is 94.6 cm³/mol. The summed E-state index contributed by atoms with van der Waals surface area (Å²) in [5, 5.41) is 0. The molecule has 4 saturated carbocycles. The van der Waals surface area contributed by atoms with Crippen LogP contribution >= 0.6 is 0 Å². The van der Waals surface area contributed by atoms with E-state index in [1.54, 1.807) is 0 Å². The molecule has 0 spiro atoms. The molecule has 0 N–H and O–H groups in total. The van der Waals surface area contributed by atoms with Crippen LogP contribution in [-0.4, -0.2) is 36.6 Å². The van der Waals surface area contributed by atoms with Crippen molar-refractivity contribution >= 4 is 11.6 Å². The van der Waals surface area contributed by atoms with E-state index in [-0.39, 0.29) is 11.5 Å². The Morgan fingerprint density at radius 2 is 1.62 bits per heavy atom. The number of hydrogen-bond acceptors (Lipinski definition) is 3. The summed E-state index contributed by atoms with van der Waals surface area (Å²) < 4.78 is 0. The lowest BCUT2D eigenvalue weighted by Gasteiger charge is -2.61. The highest BCUT2D eigenvalue weighted by Crippen LogP contribution is 2.65. The molecular weight excluding hydrogens is 298 g/mol. The summed E-state index contributed by atoms with van der Waals surface area (Å²) in [6.45, 7) is 4.74. The van der Waals surface area contributed by atoms with Crippen molar-refractivity contribution < 1.29 is 9.59 Å². The first-order chi connectivity index (χ1) is 11.3. The third-order valence-corrected chi connectivity index (χ3v) is 8.83. The van der Waals surface area contributed by atoms with E-state index in [2.05, 4.69) is 32.8 Å². The molecule has 134 valence electrons. The van der Waals surface area contributed by atoms with Crippen molar-refractivity contribution in [3.8, 4) is 0 Å². The average Bonchev–Trinajstić information content (AvgIpc) is 2.83. The van der Waals surface area contributed by atoms with Gasteiger partial charge in [-0.3, -0.25) is 14.5 Å². The maximum Gasteiger partial charge on any atom is 0.150 e. The number of rotatable bonds is 1. The first kappa shape index (κ1) is 16.8. The topological polar surface area (TPSA) is 37.4 Å². The molecule has 0 radical (unpaired) electrons. The molecule has 3 heteroatoms. The largest absolute Gasteiger partial charge is 0.300 e. The van der Waals surface area contributed by atoms with Gasteiger partial charge in [0.05, 0.1) is 6.04 Å². The lowest BCUT2D eigenvalue weighted by Crippen LogP contribution is -2.60. The Bertz CT molecular complexity index is 570. The normalized spacial score (nSPS) is 51.3. The van der Waals surface area contributed by atoms with E-state index in [1.165, 1.54) is 19.3 Å². The van der Waals surface area contributed by atoms with Crippen molar-refractivity contribution in [3.05, 3.63) is 0 Å². The van der Waals surface area contributed by atoms with Crippen molar-refractivity contribution in [2.24, 2.45) is 34.5 Å². The fourth-order valence-corrected chi connectivity index (χ4v) is 7.56. The van der Waals surface area contributed by atoms with Crippen LogP contribution in [0.25, 0.3) is 0 Å². The van der Waals surface area contributed by atoms with Crippen molar-refractivity contribution in [2.45, 2.75) is 71.3 Å². The number of carbonyl (C=O) groups excluding carboxylic acids is 2. The van der Waals surface area contributed by atoms with Gasteiger partial charge in [0.2, 0.25) is 0 Å². The van der Waals surface area contributed by atoms with Crippen LogP contribution < -0.4 is 0 Å². The molecule has 3 nitrogen and oxygen atoms in total. The highest BCUT2D eigenvalue weighted by Gasteiger charge is 2.61. The minimum Gasteiger partial charge on any atom is -0.300 e. The van der Waals surface area contributed by atoms with Crippen molar-refractivity contribution in [1.29, 1.82) is 0 Å². The molecule has 0 bridgehead atoms. The highest BCUT2D eigenvalue weighted by molar-refractivity contribution is 5.87. The summed E-state index contributed by atoms with van der Waals surface area (Å²) in [5.41, 5.74) is 0.258. The molecule has 0 aromatic heterocycles. The molecule has 7 atom stereocenters. The third kappa shape index (κ3) is 2.06. The number of Topliss-reactive ketones (excluding diaryl/α,β-unsaturated/α-hetero) is 2. The molecule has 0 heterocycles. The van der Waals surface area contributed by atoms with Crippen molar-refractivity contribution in [2.75, 3.05) is 14.1 Å². The van der Waals surface area contributed by atoms with Crippen LogP contribution in [0.15, 0.2) is 0 Å². The summed E-state index contributed by atoms with van der Waals surface area (Å²) in [5.74, 6) is 3.54. The average molecular weight is 332 g/mol. The van der Waals surface area contributed by atoms with Gasteiger partial charge in [-0.05, 0) is 81.7 Å². The number of fused-ring (bicyclic) bond motifs is 5. The standard InChI is InChI=1S/C21H33NO2/c1-20-12-10-17(23)19(22(3)4)16(20)6-5-13-14-7-8-18(24)21(14,2)11-9-15(13)20/h13-16,19H,5-12H2,1-4H3/t13-,14-,15-,16-,19-,20+,21-/m0/s1. The van der Waals surface area contributed by atoms with Gasteiger partial charge in [-0.1, -0.05) is 13.8 Å². The van der Waals surface area contributed by atoms with E-state index >= 15 is 0 Å². The smallest absolute Gasteiger partial charge is 0.150 e. The Balaban J connectivity index is 1.67. The fraction of sp³-hybridized carbons (Fsp3) is 0.905. The van der Waals surface area contributed by atoms with Gasteiger partial charge >= 0.3 is 0 Å². The van der Waals surface area contributed by atoms with E-state index in [0.29, 0.717) is 34.7 Å². The van der Waals surface area contributed by atoms with Crippen LogP contribution in [0, 0.1) is 34.5 Å². The molecule has 0 saturated heterocycles. The van der Waals surface area contributed by atoms with Gasteiger partial charge in [0, 0.05) is 18.3 Å². The maximum absolute atomic E-state index is 12.6. The second-order valence-electron chi connectivity index (χ2n) is 9.86. The molecule has 24 heavy (non-hydrogen) atoms. The number of carbonyl (C=O) groups is 2. The zero-order chi connectivity index (χ0) is 17.3. The Hall–Kier alpha value is -0.700. The third-order valence-electron chi connectivity index (χ3n) is 8.83. The SMILES string of the molecule is CN(C)[C@@H]1C(=O)CC[C@]2(C)[C@H]3CC[C@]4(C)C(=O)CC[C@H]4[C@@H]3CC[C@@H]12. The molecule has 4 aliphatic rings. The summed E-state index contributed by atoms with van der Waals surface area (Å²) in [6.07, 6.45) is 8.43. The molecule has 0 amide bonds. The number of nitrogens with zero attached hydrogens (tertiary/aromatic N) is 1. The second kappa shape index (κ2) is 5.40. The lowest BCUT2D eigenvalue weighted by molar-refractivity contribution is -0.154. The Morgan fingerprint density at radius 1 is 0.875 bits per heavy atom. The molecule has 4 aliphatic carbocycles. The number of likely N-dealkylation sites (N-methyl/N-ethyl adjacent to an activating group) is 1. The molecular formula is C21H33NO2. The fourth-order valence-electron chi connectivity index (χ4n) is 7.56. The first-order valence-electron chi connectivity index (χ1n) is 10.0. The molecule has 4 rings (SSSR count). The minimum atomic E-state index is -0.0319. The summed E-state index contributed by atoms with van der Waals surface area (Å²) in [4.78, 5) is 27.3.